The number of nitrogens with one attached hydrogen (secondary N) is 8. The van der Waals surface area contributed by atoms with Crippen molar-refractivity contribution in [2.75, 3.05) is 10.6 Å². The van der Waals surface area contributed by atoms with Crippen molar-refractivity contribution in [2.24, 2.45) is 32.5 Å². The number of non-ortho nitro benzene ring substituents is 1. The van der Waals surface area contributed by atoms with Gasteiger partial charge >= 0.3 is 0 Å². The maximum Gasteiger partial charge on any atom is 0.271 e. The number of carbonyl (C=O) groups excluding carboxylic acids is 2. The second kappa shape index (κ2) is 15.9. The van der Waals surface area contributed by atoms with Crippen LogP contribution in [0.5, 0.6) is 0 Å². The number of amides is 2. The molecule has 2 amide bonds. The molecule has 0 bridgehead atoms. The quantitative estimate of drug-likeness (QED) is 0.0610. The van der Waals surface area contributed by atoms with Crippen LogP contribution in [0.2, 0.25) is 0 Å². The Morgan fingerprint density at radius 3 is 1.53 bits per heavy atom. The van der Waals surface area contributed by atoms with Crippen molar-refractivity contribution in [1.29, 1.82) is 16.2 Å². The Labute approximate surface area is 279 Å². The number of benzene rings is 3. The van der Waals surface area contributed by atoms with Crippen LogP contribution in [-0.2, 0) is 0 Å². The third-order valence-electron chi connectivity index (χ3n) is 6.62. The van der Waals surface area contributed by atoms with Crippen LogP contribution in [0.25, 0.3) is 0 Å². The minimum atomic E-state index is -0.767. The van der Waals surface area contributed by atoms with Crippen molar-refractivity contribution in [3.05, 3.63) is 98.1 Å². The Balaban J connectivity index is 2.00. The summed E-state index contributed by atoms with van der Waals surface area (Å²) in [7, 11) is 0. The number of hydrazone groups is 3. The van der Waals surface area contributed by atoms with Gasteiger partial charge in [0, 0.05) is 45.8 Å². The first-order valence-electron chi connectivity index (χ1n) is 14.2. The molecule has 0 unspecified atom stereocenters. The minimum Gasteiger partial charge on any atom is -0.369 e. The molecule has 14 N–H and O–H groups in total. The van der Waals surface area contributed by atoms with Gasteiger partial charge in [0.05, 0.1) is 22.1 Å². The van der Waals surface area contributed by atoms with E-state index in [4.69, 9.17) is 33.4 Å². The summed E-state index contributed by atoms with van der Waals surface area (Å²) in [6, 6.07) is 13.2. The van der Waals surface area contributed by atoms with Crippen LogP contribution in [0.4, 0.5) is 17.1 Å². The van der Waals surface area contributed by atoms with E-state index in [2.05, 4.69) is 42.2 Å². The summed E-state index contributed by atoms with van der Waals surface area (Å²) < 4.78 is 0. The smallest absolute Gasteiger partial charge is 0.271 e. The average molecular weight is 670 g/mol. The lowest BCUT2D eigenvalue weighted by Crippen LogP contribution is -2.27. The fourth-order valence-electron chi connectivity index (χ4n) is 4.10. The summed E-state index contributed by atoms with van der Waals surface area (Å²) >= 11 is 0. The Morgan fingerprint density at radius 1 is 0.653 bits per heavy atom. The molecule has 0 aliphatic heterocycles. The largest absolute Gasteiger partial charge is 0.369 e. The highest BCUT2D eigenvalue weighted by molar-refractivity contribution is 6.11. The standard InChI is InChI=1S/C30H35N15O4/c1-14-5-6-18(15(2)39-42-28(31)32)13-25(14)38-27(47)22-8-21(11-24(12-22)45(48)49)26(46)37-23-9-19(16(3)40-43-29(33)34)7-20(10-23)17(4)41-44-30(35)36/h5-13H,1-4H3,(H,37,46)(H,38,47)(H4,31,32,42)(H4,33,34,43)(H4,35,36,44)/b39-15+,40-16+,41-17+. The molecule has 0 aliphatic carbocycles. The normalized spacial score (nSPS) is 11.6. The fraction of sp³-hybridized carbons (Fsp3) is 0.133. The van der Waals surface area contributed by atoms with E-state index in [1.54, 1.807) is 64.1 Å². The highest BCUT2D eigenvalue weighted by Gasteiger charge is 2.20. The van der Waals surface area contributed by atoms with E-state index in [1.165, 1.54) is 6.07 Å². The van der Waals surface area contributed by atoms with E-state index < -0.39 is 34.3 Å². The predicted octanol–water partition coefficient (Wildman–Crippen LogP) is 2.03. The zero-order valence-corrected chi connectivity index (χ0v) is 26.9. The number of anilines is 2. The first kappa shape index (κ1) is 36.3. The van der Waals surface area contributed by atoms with Gasteiger partial charge in [-0.2, -0.15) is 15.3 Å². The SMILES string of the molecule is C/C(=N\NC(=N)N)c1cc(NC(=O)c2cc(C(=O)Nc3cc(/C(C)=N/NC(=N)N)ccc3C)cc([N+](=O)[O-])c2)cc(/C(C)=N/NC(=N)N)c1. The van der Waals surface area contributed by atoms with Crippen molar-refractivity contribution in [1.82, 2.24) is 16.3 Å². The summed E-state index contributed by atoms with van der Waals surface area (Å²) in [5.41, 5.74) is 26.3. The van der Waals surface area contributed by atoms with Gasteiger partial charge in [-0.25, -0.2) is 16.3 Å². The number of rotatable bonds is 11. The first-order chi connectivity index (χ1) is 23.0. The Morgan fingerprint density at radius 2 is 1.08 bits per heavy atom. The number of nitro benzene ring substituents is 1. The fourth-order valence-corrected chi connectivity index (χ4v) is 4.10. The van der Waals surface area contributed by atoms with Gasteiger partial charge in [0.15, 0.2) is 0 Å². The second-order valence-electron chi connectivity index (χ2n) is 10.4. The molecule has 0 radical (unpaired) electrons. The molecule has 0 fully saturated rings. The van der Waals surface area contributed by atoms with Gasteiger partial charge in [0.1, 0.15) is 0 Å². The van der Waals surface area contributed by atoms with Crippen molar-refractivity contribution in [3.8, 4) is 0 Å². The Hall–Kier alpha value is -7.18. The number of nitrogens with two attached hydrogens (primary N) is 3. The molecule has 0 atom stereocenters. The lowest BCUT2D eigenvalue weighted by molar-refractivity contribution is -0.384. The van der Waals surface area contributed by atoms with Gasteiger partial charge < -0.3 is 27.8 Å². The third kappa shape index (κ3) is 10.4. The van der Waals surface area contributed by atoms with Crippen LogP contribution in [0, 0.1) is 33.3 Å². The number of nitrogens with zero attached hydrogens (tertiary/aromatic N) is 4. The van der Waals surface area contributed by atoms with Crippen molar-refractivity contribution < 1.29 is 14.5 Å². The Kier molecular flexibility index (Phi) is 11.8. The van der Waals surface area contributed by atoms with Crippen LogP contribution in [0.15, 0.2) is 69.9 Å². The van der Waals surface area contributed by atoms with Crippen LogP contribution in [-0.4, -0.2) is 51.8 Å². The molecule has 3 aromatic rings. The van der Waals surface area contributed by atoms with E-state index in [0.717, 1.165) is 12.1 Å². The zero-order chi connectivity index (χ0) is 36.4. The number of hydrogen-bond donors (Lipinski definition) is 11. The number of aryl methyl sites for hydroxylation is 1. The highest BCUT2D eigenvalue weighted by atomic mass is 16.6. The molecule has 0 aliphatic rings. The number of carbonyl (C=O) groups is 2. The molecule has 254 valence electrons. The topological polar surface area (TPSA) is 324 Å². The molecule has 49 heavy (non-hydrogen) atoms. The van der Waals surface area contributed by atoms with E-state index >= 15 is 0 Å². The van der Waals surface area contributed by atoms with E-state index in [1.807, 2.05) is 0 Å². The second-order valence-corrected chi connectivity index (χ2v) is 10.4. The zero-order valence-electron chi connectivity index (χ0n) is 26.9. The van der Waals surface area contributed by atoms with Gasteiger partial charge in [0.25, 0.3) is 17.5 Å². The van der Waals surface area contributed by atoms with Crippen molar-refractivity contribution in [3.63, 3.8) is 0 Å². The van der Waals surface area contributed by atoms with Crippen LogP contribution in [0.1, 0.15) is 63.7 Å². The number of hydrogen-bond acceptors (Lipinski definition) is 10. The molecule has 19 nitrogen and oxygen atoms in total. The molecule has 19 heteroatoms. The third-order valence-corrected chi connectivity index (χ3v) is 6.62. The molecule has 0 aromatic heterocycles. The average Bonchev–Trinajstić information content (AvgIpc) is 3.05. The summed E-state index contributed by atoms with van der Waals surface area (Å²) in [4.78, 5) is 38.0. The molecule has 3 aromatic carbocycles. The van der Waals surface area contributed by atoms with E-state index in [0.29, 0.717) is 45.1 Å². The van der Waals surface area contributed by atoms with E-state index in [-0.39, 0.29) is 22.8 Å². The molecule has 0 saturated heterocycles. The Bertz CT molecular complexity index is 1900. The highest BCUT2D eigenvalue weighted by Crippen LogP contribution is 2.23. The summed E-state index contributed by atoms with van der Waals surface area (Å²) in [6.45, 7) is 6.67. The molecule has 0 heterocycles. The summed E-state index contributed by atoms with van der Waals surface area (Å²) in [5.74, 6) is -2.63. The van der Waals surface area contributed by atoms with Crippen LogP contribution >= 0.6 is 0 Å². The monoisotopic (exact) mass is 669 g/mol. The molecule has 0 spiro atoms. The van der Waals surface area contributed by atoms with Crippen LogP contribution in [0.3, 0.4) is 0 Å². The maximum atomic E-state index is 13.5. The molecule has 3 rings (SSSR count). The number of guanidine groups is 3. The van der Waals surface area contributed by atoms with Crippen molar-refractivity contribution >= 4 is 63.9 Å². The van der Waals surface area contributed by atoms with Crippen molar-refractivity contribution in [2.45, 2.75) is 27.7 Å². The van der Waals surface area contributed by atoms with Crippen LogP contribution < -0.4 is 44.1 Å². The number of nitro groups is 1. The van der Waals surface area contributed by atoms with Gasteiger partial charge in [-0.3, -0.25) is 35.9 Å². The first-order valence-corrected chi connectivity index (χ1v) is 14.2. The molecular weight excluding hydrogens is 634 g/mol. The summed E-state index contributed by atoms with van der Waals surface area (Å²) in [5, 5.41) is 51.3. The molecular formula is C30H35N15O4. The summed E-state index contributed by atoms with van der Waals surface area (Å²) in [6.07, 6.45) is 0. The van der Waals surface area contributed by atoms with E-state index in [9.17, 15) is 19.7 Å². The van der Waals surface area contributed by atoms with Gasteiger partial charge in [0.2, 0.25) is 17.9 Å². The lowest BCUT2D eigenvalue weighted by Gasteiger charge is -2.13. The van der Waals surface area contributed by atoms with Gasteiger partial charge in [-0.05, 0) is 69.2 Å². The lowest BCUT2D eigenvalue weighted by atomic mass is 10.0. The molecule has 0 saturated carbocycles. The minimum absolute atomic E-state index is 0.154. The van der Waals surface area contributed by atoms with Gasteiger partial charge in [-0.15, -0.1) is 0 Å². The maximum absolute atomic E-state index is 13.5. The van der Waals surface area contributed by atoms with Gasteiger partial charge in [-0.1, -0.05) is 12.1 Å². The predicted molar refractivity (Wildman–Crippen MR) is 188 cm³/mol.